The molecule has 3 N–H and O–H groups in total. The molecule has 2 aromatic carbocycles. The molecule has 2 atom stereocenters. The predicted molar refractivity (Wildman–Crippen MR) is 125 cm³/mol. The third-order valence-electron chi connectivity index (χ3n) is 6.29. The number of hydrogen-bond donors (Lipinski definition) is 2. The summed E-state index contributed by atoms with van der Waals surface area (Å²) in [6.45, 7) is 2.68. The maximum absolute atomic E-state index is 13.1. The van der Waals surface area contributed by atoms with Crippen LogP contribution in [0.4, 0.5) is 10.6 Å². The molecule has 1 aliphatic rings. The Balaban J connectivity index is 1.50. The lowest BCUT2D eigenvalue weighted by Crippen LogP contribution is -2.48. The van der Waals surface area contributed by atoms with E-state index in [9.17, 15) is 9.90 Å². The Kier molecular flexibility index (Phi) is 6.42. The third-order valence-corrected chi connectivity index (χ3v) is 6.29. The van der Waals surface area contributed by atoms with E-state index in [-0.39, 0.29) is 18.7 Å². The van der Waals surface area contributed by atoms with Crippen molar-refractivity contribution < 1.29 is 14.6 Å². The third kappa shape index (κ3) is 4.46. The molecule has 0 spiro atoms. The molecule has 4 rings (SSSR count). The van der Waals surface area contributed by atoms with Crippen molar-refractivity contribution in [1.29, 1.82) is 0 Å². The zero-order valence-corrected chi connectivity index (χ0v) is 18.3. The van der Waals surface area contributed by atoms with Gasteiger partial charge in [0.15, 0.2) is 0 Å². The van der Waals surface area contributed by atoms with Crippen LogP contribution in [0.3, 0.4) is 0 Å². The highest BCUT2D eigenvalue weighted by Crippen LogP contribution is 2.40. The molecule has 1 unspecified atom stereocenters. The van der Waals surface area contributed by atoms with E-state index >= 15 is 0 Å². The number of aliphatic hydroxyl groups is 1. The van der Waals surface area contributed by atoms with Crippen molar-refractivity contribution in [1.82, 2.24) is 9.88 Å². The number of nitrogen functional groups attached to an aromatic ring is 1. The van der Waals surface area contributed by atoms with E-state index in [4.69, 9.17) is 10.5 Å². The number of aliphatic hydroxyl groups excluding tert-OH is 1. The van der Waals surface area contributed by atoms with Gasteiger partial charge in [-0.25, -0.2) is 9.78 Å². The summed E-state index contributed by atoms with van der Waals surface area (Å²) in [6, 6.07) is 21.6. The van der Waals surface area contributed by atoms with Gasteiger partial charge in [-0.15, -0.1) is 0 Å². The molecule has 1 amide bonds. The standard InChI is InChI=1S/C26H29N3O3/c1-19(20-8-10-21(11-9-20)22-12-13-24(27)28-18-22)29-16-15-26(14-5-17-30,32-25(29)31)23-6-3-2-4-7-23/h2-4,6-13,18-19,30H,5,14-17H2,1H3,(H2,27,28)/t19-,26?/m0/s1. The Bertz CT molecular complexity index is 1040. The van der Waals surface area contributed by atoms with E-state index in [1.165, 1.54) is 0 Å². The van der Waals surface area contributed by atoms with Gasteiger partial charge in [-0.05, 0) is 48.6 Å². The monoisotopic (exact) mass is 431 g/mol. The van der Waals surface area contributed by atoms with E-state index in [0.717, 1.165) is 22.3 Å². The number of ether oxygens (including phenoxy) is 1. The van der Waals surface area contributed by atoms with Crippen molar-refractivity contribution in [2.75, 3.05) is 18.9 Å². The Morgan fingerprint density at radius 3 is 2.44 bits per heavy atom. The van der Waals surface area contributed by atoms with Crippen LogP contribution >= 0.6 is 0 Å². The highest BCUT2D eigenvalue weighted by atomic mass is 16.6. The van der Waals surface area contributed by atoms with Gasteiger partial charge in [0.05, 0.1) is 6.04 Å². The molecule has 6 heteroatoms. The lowest BCUT2D eigenvalue weighted by Gasteiger charge is -2.43. The van der Waals surface area contributed by atoms with Gasteiger partial charge in [0.1, 0.15) is 11.4 Å². The molecule has 1 fully saturated rings. The maximum atomic E-state index is 13.1. The van der Waals surface area contributed by atoms with Gasteiger partial charge in [0.25, 0.3) is 0 Å². The Morgan fingerprint density at radius 1 is 1.09 bits per heavy atom. The van der Waals surface area contributed by atoms with Crippen molar-refractivity contribution in [2.45, 2.75) is 37.8 Å². The van der Waals surface area contributed by atoms with Crippen molar-refractivity contribution in [3.63, 3.8) is 0 Å². The van der Waals surface area contributed by atoms with Crippen LogP contribution in [0.15, 0.2) is 72.9 Å². The SMILES string of the molecule is C[C@@H](c1ccc(-c2ccc(N)nc2)cc1)N1CCC(CCCO)(c2ccccc2)OC1=O. The highest BCUT2D eigenvalue weighted by Gasteiger charge is 2.43. The first-order valence-electron chi connectivity index (χ1n) is 11.0. The van der Waals surface area contributed by atoms with Gasteiger partial charge in [0.2, 0.25) is 0 Å². The highest BCUT2D eigenvalue weighted by molar-refractivity contribution is 5.70. The minimum Gasteiger partial charge on any atom is -0.438 e. The number of benzene rings is 2. The number of hydrogen-bond acceptors (Lipinski definition) is 5. The molecule has 0 radical (unpaired) electrons. The molecular weight excluding hydrogens is 402 g/mol. The summed E-state index contributed by atoms with van der Waals surface area (Å²) >= 11 is 0. The molecule has 1 aromatic heterocycles. The van der Waals surface area contributed by atoms with Gasteiger partial charge in [-0.3, -0.25) is 0 Å². The lowest BCUT2D eigenvalue weighted by molar-refractivity contribution is -0.0680. The van der Waals surface area contributed by atoms with Crippen LogP contribution in [0, 0.1) is 0 Å². The fraction of sp³-hybridized carbons (Fsp3) is 0.308. The van der Waals surface area contributed by atoms with Crippen LogP contribution in [0.2, 0.25) is 0 Å². The second kappa shape index (κ2) is 9.40. The Labute approximate surface area is 188 Å². The zero-order chi connectivity index (χ0) is 22.6. The molecule has 32 heavy (non-hydrogen) atoms. The van der Waals surface area contributed by atoms with Gasteiger partial charge in [0, 0.05) is 31.3 Å². The fourth-order valence-electron chi connectivity index (χ4n) is 4.36. The van der Waals surface area contributed by atoms with Gasteiger partial charge < -0.3 is 20.5 Å². The minimum absolute atomic E-state index is 0.0716. The summed E-state index contributed by atoms with van der Waals surface area (Å²) in [5.41, 5.74) is 9.04. The van der Waals surface area contributed by atoms with Crippen LogP contribution in [0.1, 0.15) is 43.4 Å². The van der Waals surface area contributed by atoms with Crippen LogP contribution in [-0.4, -0.2) is 34.2 Å². The number of pyridine rings is 1. The average Bonchev–Trinajstić information content (AvgIpc) is 2.83. The van der Waals surface area contributed by atoms with E-state index < -0.39 is 5.60 Å². The van der Waals surface area contributed by atoms with E-state index in [0.29, 0.717) is 31.6 Å². The molecule has 2 heterocycles. The van der Waals surface area contributed by atoms with Crippen LogP contribution < -0.4 is 5.73 Å². The van der Waals surface area contributed by atoms with E-state index in [1.54, 1.807) is 17.2 Å². The molecule has 0 aliphatic carbocycles. The predicted octanol–water partition coefficient (Wildman–Crippen LogP) is 4.90. The number of amides is 1. The number of rotatable bonds is 7. The lowest BCUT2D eigenvalue weighted by atomic mass is 9.84. The first-order valence-corrected chi connectivity index (χ1v) is 11.0. The normalized spacial score (nSPS) is 19.4. The van der Waals surface area contributed by atoms with Crippen molar-refractivity contribution in [2.24, 2.45) is 0 Å². The number of nitrogens with two attached hydrogens (primary N) is 1. The van der Waals surface area contributed by atoms with E-state index in [2.05, 4.69) is 4.98 Å². The Morgan fingerprint density at radius 2 is 1.81 bits per heavy atom. The van der Waals surface area contributed by atoms with Crippen LogP contribution in [0.25, 0.3) is 11.1 Å². The van der Waals surface area contributed by atoms with Gasteiger partial charge >= 0.3 is 6.09 Å². The minimum atomic E-state index is -0.691. The second-order valence-electron chi connectivity index (χ2n) is 8.27. The second-order valence-corrected chi connectivity index (χ2v) is 8.27. The molecule has 3 aromatic rings. The summed E-state index contributed by atoms with van der Waals surface area (Å²) in [5, 5.41) is 9.37. The number of aromatic nitrogens is 1. The molecule has 0 bridgehead atoms. The molecule has 1 saturated heterocycles. The summed E-state index contributed by atoms with van der Waals surface area (Å²) in [7, 11) is 0. The summed E-state index contributed by atoms with van der Waals surface area (Å²) in [5.74, 6) is 0.494. The number of cyclic esters (lactones) is 1. The van der Waals surface area contributed by atoms with E-state index in [1.807, 2.05) is 67.6 Å². The number of carbonyl (C=O) groups excluding carboxylic acids is 1. The van der Waals surface area contributed by atoms with Gasteiger partial charge in [-0.2, -0.15) is 0 Å². The topological polar surface area (TPSA) is 88.7 Å². The van der Waals surface area contributed by atoms with Crippen LogP contribution in [-0.2, 0) is 10.3 Å². The zero-order valence-electron chi connectivity index (χ0n) is 18.3. The van der Waals surface area contributed by atoms with Gasteiger partial charge in [-0.1, -0.05) is 54.6 Å². The average molecular weight is 432 g/mol. The smallest absolute Gasteiger partial charge is 0.411 e. The molecular formula is C26H29N3O3. The van der Waals surface area contributed by atoms with Crippen molar-refractivity contribution in [3.8, 4) is 11.1 Å². The largest absolute Gasteiger partial charge is 0.438 e. The molecule has 1 aliphatic heterocycles. The van der Waals surface area contributed by atoms with Crippen LogP contribution in [0.5, 0.6) is 0 Å². The summed E-state index contributed by atoms with van der Waals surface area (Å²) in [4.78, 5) is 19.0. The molecule has 166 valence electrons. The number of carbonyl (C=O) groups is 1. The fourth-order valence-corrected chi connectivity index (χ4v) is 4.36. The number of nitrogens with zero attached hydrogens (tertiary/aromatic N) is 2. The molecule has 0 saturated carbocycles. The maximum Gasteiger partial charge on any atom is 0.411 e. The Hall–Kier alpha value is -3.38. The first-order chi connectivity index (χ1) is 15.5. The molecule has 6 nitrogen and oxygen atoms in total. The number of anilines is 1. The quantitative estimate of drug-likeness (QED) is 0.555. The summed E-state index contributed by atoms with van der Waals surface area (Å²) < 4.78 is 6.08. The van der Waals surface area contributed by atoms with Crippen molar-refractivity contribution in [3.05, 3.63) is 84.1 Å². The first kappa shape index (κ1) is 21.8. The van der Waals surface area contributed by atoms with Crippen molar-refractivity contribution >= 4 is 11.9 Å². The summed E-state index contributed by atoms with van der Waals surface area (Å²) in [6.07, 6.45) is 3.30.